The molecule has 0 heterocycles. The number of anilines is 1. The fourth-order valence-corrected chi connectivity index (χ4v) is 3.51. The molecule has 5 nitrogen and oxygen atoms in total. The Bertz CT molecular complexity index is 875. The highest BCUT2D eigenvalue weighted by atomic mass is 19.1. The molecule has 2 N–H and O–H groups in total. The van der Waals surface area contributed by atoms with Gasteiger partial charge in [0.25, 0.3) is 11.8 Å². The van der Waals surface area contributed by atoms with Gasteiger partial charge in [0.2, 0.25) is 0 Å². The van der Waals surface area contributed by atoms with Crippen molar-refractivity contribution in [3.63, 3.8) is 0 Å². The number of para-hydroxylation sites is 1. The van der Waals surface area contributed by atoms with Gasteiger partial charge in [0.15, 0.2) is 13.1 Å². The Morgan fingerprint density at radius 3 is 2.34 bits per heavy atom. The Labute approximate surface area is 171 Å². The van der Waals surface area contributed by atoms with Crippen LogP contribution in [0.15, 0.2) is 42.5 Å². The van der Waals surface area contributed by atoms with Crippen LogP contribution < -0.4 is 10.2 Å². The van der Waals surface area contributed by atoms with Crippen molar-refractivity contribution >= 4 is 17.5 Å². The van der Waals surface area contributed by atoms with Crippen LogP contribution in [0.1, 0.15) is 29.5 Å². The predicted molar refractivity (Wildman–Crippen MR) is 111 cm³/mol. The Balaban J connectivity index is 1.57. The predicted octanol–water partition coefficient (Wildman–Crippen LogP) is 2.09. The normalized spacial score (nSPS) is 14.3. The van der Waals surface area contributed by atoms with Crippen LogP contribution in [0, 0.1) is 19.7 Å². The molecule has 2 aromatic rings. The molecule has 1 atom stereocenters. The molecule has 29 heavy (non-hydrogen) atoms. The number of amides is 2. The van der Waals surface area contributed by atoms with Crippen LogP contribution in [0.5, 0.6) is 0 Å². The lowest BCUT2D eigenvalue weighted by Gasteiger charge is -2.24. The fraction of sp³-hybridized carbons (Fsp3) is 0.391. The van der Waals surface area contributed by atoms with Crippen molar-refractivity contribution in [1.29, 1.82) is 0 Å². The van der Waals surface area contributed by atoms with E-state index < -0.39 is 0 Å². The molecule has 0 bridgehead atoms. The van der Waals surface area contributed by atoms with Crippen molar-refractivity contribution in [3.8, 4) is 0 Å². The summed E-state index contributed by atoms with van der Waals surface area (Å²) in [4.78, 5) is 27.9. The van der Waals surface area contributed by atoms with Crippen LogP contribution in [0.25, 0.3) is 0 Å². The molecule has 2 amide bonds. The number of likely N-dealkylation sites (N-methyl/N-ethyl adjacent to an activating group) is 1. The second-order valence-electron chi connectivity index (χ2n) is 7.97. The first-order valence-electron chi connectivity index (χ1n) is 10.1. The second kappa shape index (κ2) is 9.18. The zero-order valence-electron chi connectivity index (χ0n) is 17.3. The number of nitrogens with zero attached hydrogens (tertiary/aromatic N) is 1. The summed E-state index contributed by atoms with van der Waals surface area (Å²) in [6.45, 7) is 4.58. The van der Waals surface area contributed by atoms with Crippen LogP contribution in [0.2, 0.25) is 0 Å². The first-order valence-corrected chi connectivity index (χ1v) is 10.1. The molecule has 1 saturated carbocycles. The fourth-order valence-electron chi connectivity index (χ4n) is 3.51. The SMILES string of the molecule is Cc1cccc(C)c1NC(=O)C[NH+](C)CC(=O)N(Cc1ccccc1F)C1CC1. The van der Waals surface area contributed by atoms with Gasteiger partial charge in [-0.15, -0.1) is 0 Å². The van der Waals surface area contributed by atoms with E-state index in [2.05, 4.69) is 5.32 Å². The summed E-state index contributed by atoms with van der Waals surface area (Å²) in [6, 6.07) is 12.6. The third kappa shape index (κ3) is 5.64. The van der Waals surface area contributed by atoms with Crippen molar-refractivity contribution in [1.82, 2.24) is 4.90 Å². The number of hydrogen-bond acceptors (Lipinski definition) is 2. The lowest BCUT2D eigenvalue weighted by Crippen LogP contribution is -3.11. The number of halogens is 1. The molecular formula is C23H29FN3O2+. The van der Waals surface area contributed by atoms with E-state index in [1.807, 2.05) is 39.1 Å². The minimum Gasteiger partial charge on any atom is -0.330 e. The average molecular weight is 399 g/mol. The van der Waals surface area contributed by atoms with Crippen LogP contribution in [-0.2, 0) is 16.1 Å². The molecule has 0 spiro atoms. The molecule has 3 rings (SSSR count). The summed E-state index contributed by atoms with van der Waals surface area (Å²) in [5.41, 5.74) is 3.38. The molecule has 154 valence electrons. The topological polar surface area (TPSA) is 53.9 Å². The van der Waals surface area contributed by atoms with E-state index in [1.54, 1.807) is 23.1 Å². The number of quaternary nitrogens is 1. The van der Waals surface area contributed by atoms with Gasteiger partial charge in [0.1, 0.15) is 5.82 Å². The first-order chi connectivity index (χ1) is 13.8. The standard InChI is InChI=1S/C23H28FN3O2/c1-16-7-6-8-17(2)23(16)25-21(28)14-26(3)15-22(29)27(19-11-12-19)13-18-9-4-5-10-20(18)24/h4-10,19H,11-15H2,1-3H3,(H,25,28)/p+1. The van der Waals surface area contributed by atoms with Crippen molar-refractivity contribution in [2.45, 2.75) is 39.3 Å². The zero-order valence-corrected chi connectivity index (χ0v) is 17.3. The van der Waals surface area contributed by atoms with E-state index >= 15 is 0 Å². The Morgan fingerprint density at radius 2 is 1.72 bits per heavy atom. The molecule has 1 aliphatic rings. The van der Waals surface area contributed by atoms with E-state index in [4.69, 9.17) is 0 Å². The summed E-state index contributed by atoms with van der Waals surface area (Å²) in [5.74, 6) is -0.465. The minimum atomic E-state index is -0.292. The van der Waals surface area contributed by atoms with Gasteiger partial charge in [-0.2, -0.15) is 0 Å². The third-order valence-corrected chi connectivity index (χ3v) is 5.27. The number of benzene rings is 2. The number of carbonyl (C=O) groups is 2. The summed E-state index contributed by atoms with van der Waals surface area (Å²) < 4.78 is 14.0. The molecule has 0 aliphatic heterocycles. The van der Waals surface area contributed by atoms with Crippen molar-refractivity contribution in [2.75, 3.05) is 25.5 Å². The molecular weight excluding hydrogens is 369 g/mol. The van der Waals surface area contributed by atoms with E-state index in [1.165, 1.54) is 6.07 Å². The third-order valence-electron chi connectivity index (χ3n) is 5.27. The van der Waals surface area contributed by atoms with Crippen LogP contribution >= 0.6 is 0 Å². The number of rotatable bonds is 8. The van der Waals surface area contributed by atoms with Gasteiger partial charge in [-0.05, 0) is 43.9 Å². The maximum absolute atomic E-state index is 14.0. The van der Waals surface area contributed by atoms with Gasteiger partial charge in [-0.3, -0.25) is 9.59 Å². The van der Waals surface area contributed by atoms with Gasteiger partial charge >= 0.3 is 0 Å². The number of nitrogens with one attached hydrogen (secondary N) is 2. The molecule has 0 radical (unpaired) electrons. The Hall–Kier alpha value is -2.73. The highest BCUT2D eigenvalue weighted by molar-refractivity contribution is 5.93. The highest BCUT2D eigenvalue weighted by Gasteiger charge is 2.34. The van der Waals surface area contributed by atoms with Gasteiger partial charge in [-0.25, -0.2) is 4.39 Å². The van der Waals surface area contributed by atoms with Crippen LogP contribution in [0.4, 0.5) is 10.1 Å². The van der Waals surface area contributed by atoms with Crippen molar-refractivity contribution < 1.29 is 18.9 Å². The summed E-state index contributed by atoms with van der Waals surface area (Å²) in [5, 5.41) is 2.96. The smallest absolute Gasteiger partial charge is 0.279 e. The largest absolute Gasteiger partial charge is 0.330 e. The molecule has 1 aliphatic carbocycles. The zero-order chi connectivity index (χ0) is 21.0. The molecule has 0 aromatic heterocycles. The highest BCUT2D eigenvalue weighted by Crippen LogP contribution is 2.28. The van der Waals surface area contributed by atoms with E-state index in [-0.39, 0.29) is 43.3 Å². The van der Waals surface area contributed by atoms with Gasteiger partial charge in [0, 0.05) is 23.8 Å². The van der Waals surface area contributed by atoms with Crippen molar-refractivity contribution in [3.05, 3.63) is 65.0 Å². The van der Waals surface area contributed by atoms with Gasteiger partial charge in [0.05, 0.1) is 7.05 Å². The first kappa shape index (κ1) is 21.0. The molecule has 0 saturated heterocycles. The second-order valence-corrected chi connectivity index (χ2v) is 7.97. The molecule has 1 fully saturated rings. The number of carbonyl (C=O) groups excluding carboxylic acids is 2. The molecule has 2 aromatic carbocycles. The maximum atomic E-state index is 14.0. The summed E-state index contributed by atoms with van der Waals surface area (Å²) >= 11 is 0. The number of hydrogen-bond donors (Lipinski definition) is 2. The van der Waals surface area contributed by atoms with E-state index in [0.29, 0.717) is 5.56 Å². The quantitative estimate of drug-likeness (QED) is 0.716. The van der Waals surface area contributed by atoms with Crippen LogP contribution in [0.3, 0.4) is 0 Å². The lowest BCUT2D eigenvalue weighted by atomic mass is 10.1. The Kier molecular flexibility index (Phi) is 6.64. The average Bonchev–Trinajstić information content (AvgIpc) is 3.49. The van der Waals surface area contributed by atoms with E-state index in [9.17, 15) is 14.0 Å². The molecule has 1 unspecified atom stereocenters. The number of aryl methyl sites for hydroxylation is 2. The van der Waals surface area contributed by atoms with Gasteiger partial charge < -0.3 is 15.1 Å². The monoisotopic (exact) mass is 398 g/mol. The minimum absolute atomic E-state index is 0.0480. The lowest BCUT2D eigenvalue weighted by molar-refractivity contribution is -0.862. The summed E-state index contributed by atoms with van der Waals surface area (Å²) in [7, 11) is 1.83. The van der Waals surface area contributed by atoms with E-state index in [0.717, 1.165) is 34.6 Å². The maximum Gasteiger partial charge on any atom is 0.279 e. The summed E-state index contributed by atoms with van der Waals surface area (Å²) in [6.07, 6.45) is 1.90. The Morgan fingerprint density at radius 1 is 1.07 bits per heavy atom. The molecule has 6 heteroatoms. The van der Waals surface area contributed by atoms with Crippen LogP contribution in [-0.4, -0.2) is 42.9 Å². The van der Waals surface area contributed by atoms with Gasteiger partial charge in [-0.1, -0.05) is 36.4 Å². The van der Waals surface area contributed by atoms with Crippen molar-refractivity contribution in [2.24, 2.45) is 0 Å².